The molecule has 2 aromatic heterocycles. The number of thioether (sulfide) groups is 1. The Hall–Kier alpha value is -3.05. The number of aryl methyl sites for hydroxylation is 1. The van der Waals surface area contributed by atoms with E-state index in [9.17, 15) is 13.2 Å². The monoisotopic (exact) mass is 430 g/mol. The Balaban J connectivity index is 1.64. The Morgan fingerprint density at radius 2 is 1.72 bits per heavy atom. The summed E-state index contributed by atoms with van der Waals surface area (Å²) in [6.07, 6.45) is 4.68. The number of nitrogens with zero attached hydrogens (tertiary/aromatic N) is 4. The Bertz CT molecular complexity index is 1090. The van der Waals surface area contributed by atoms with Gasteiger partial charge in [-0.05, 0) is 50.2 Å². The molecular formula is C18H18N6O3S2. The van der Waals surface area contributed by atoms with Gasteiger partial charge in [0.2, 0.25) is 11.9 Å². The van der Waals surface area contributed by atoms with Crippen molar-refractivity contribution in [3.63, 3.8) is 0 Å². The Morgan fingerprint density at radius 3 is 2.38 bits per heavy atom. The third-order valence-corrected chi connectivity index (χ3v) is 5.98. The highest BCUT2D eigenvalue weighted by Gasteiger charge is 2.18. The number of sulfonamides is 1. The summed E-state index contributed by atoms with van der Waals surface area (Å²) in [7, 11) is -3.84. The summed E-state index contributed by atoms with van der Waals surface area (Å²) >= 11 is 1.23. The largest absolute Gasteiger partial charge is 0.325 e. The second-order valence-electron chi connectivity index (χ2n) is 5.93. The number of hydrogen-bond donors (Lipinski definition) is 2. The number of rotatable bonds is 7. The van der Waals surface area contributed by atoms with Crippen LogP contribution >= 0.6 is 11.8 Å². The van der Waals surface area contributed by atoms with Crippen molar-refractivity contribution < 1.29 is 13.2 Å². The molecule has 1 atom stereocenters. The average molecular weight is 431 g/mol. The van der Waals surface area contributed by atoms with E-state index in [0.29, 0.717) is 16.5 Å². The van der Waals surface area contributed by atoms with Crippen molar-refractivity contribution in [1.29, 1.82) is 0 Å². The summed E-state index contributed by atoms with van der Waals surface area (Å²) in [5, 5.41) is 2.81. The molecule has 2 heterocycles. The average Bonchev–Trinajstić information content (AvgIpc) is 2.69. The van der Waals surface area contributed by atoms with E-state index >= 15 is 0 Å². The molecule has 29 heavy (non-hydrogen) atoms. The SMILES string of the molecule is Cc1ccnc(NS(=O)(=O)c2ccc(NC(=O)C(C)Sc3ncccn3)cc2)n1. The van der Waals surface area contributed by atoms with Crippen LogP contribution in [0.1, 0.15) is 12.6 Å². The maximum Gasteiger partial charge on any atom is 0.264 e. The summed E-state index contributed by atoms with van der Waals surface area (Å²) in [4.78, 5) is 28.4. The summed E-state index contributed by atoms with van der Waals surface area (Å²) in [5.74, 6) is -0.249. The van der Waals surface area contributed by atoms with Crippen molar-refractivity contribution in [2.45, 2.75) is 29.1 Å². The molecule has 3 aromatic rings. The number of carbonyl (C=O) groups is 1. The molecule has 11 heteroatoms. The number of nitrogens with one attached hydrogen (secondary N) is 2. The predicted octanol–water partition coefficient (Wildman–Crippen LogP) is 2.50. The van der Waals surface area contributed by atoms with Crippen LogP contribution in [-0.2, 0) is 14.8 Å². The van der Waals surface area contributed by atoms with Crippen molar-refractivity contribution in [2.75, 3.05) is 10.0 Å². The van der Waals surface area contributed by atoms with Crippen molar-refractivity contribution in [2.24, 2.45) is 0 Å². The molecule has 0 aliphatic rings. The highest BCUT2D eigenvalue weighted by molar-refractivity contribution is 8.00. The van der Waals surface area contributed by atoms with Gasteiger partial charge in [-0.25, -0.2) is 33.1 Å². The van der Waals surface area contributed by atoms with E-state index < -0.39 is 15.3 Å². The van der Waals surface area contributed by atoms with Crippen molar-refractivity contribution in [3.05, 3.63) is 60.7 Å². The first-order chi connectivity index (χ1) is 13.8. The Morgan fingerprint density at radius 1 is 1.03 bits per heavy atom. The van der Waals surface area contributed by atoms with Crippen molar-refractivity contribution in [3.8, 4) is 0 Å². The van der Waals surface area contributed by atoms with Crippen LogP contribution in [0.25, 0.3) is 0 Å². The normalized spacial score (nSPS) is 12.2. The van der Waals surface area contributed by atoms with E-state index in [1.54, 1.807) is 38.4 Å². The van der Waals surface area contributed by atoms with E-state index in [-0.39, 0.29) is 16.8 Å². The third-order valence-electron chi connectivity index (χ3n) is 3.65. The Kier molecular flexibility index (Phi) is 6.39. The van der Waals surface area contributed by atoms with E-state index in [1.807, 2.05) is 0 Å². The maximum absolute atomic E-state index is 12.5. The minimum Gasteiger partial charge on any atom is -0.325 e. The number of amides is 1. The van der Waals surface area contributed by atoms with Gasteiger partial charge < -0.3 is 5.32 Å². The van der Waals surface area contributed by atoms with Gasteiger partial charge in [-0.15, -0.1) is 0 Å². The molecule has 1 aromatic carbocycles. The standard InChI is InChI=1S/C18H18N6O3S2/c1-12-8-11-19-17(22-12)24-29(26,27)15-6-4-14(5-7-15)23-16(25)13(2)28-18-20-9-3-10-21-18/h3-11,13H,1-2H3,(H,23,25)(H,19,22,24). The Labute approximate surface area is 172 Å². The molecule has 0 bridgehead atoms. The van der Waals surface area contributed by atoms with E-state index in [0.717, 1.165) is 0 Å². The van der Waals surface area contributed by atoms with Gasteiger partial charge in [-0.2, -0.15) is 0 Å². The fraction of sp³-hybridized carbons (Fsp3) is 0.167. The van der Waals surface area contributed by atoms with E-state index in [2.05, 4.69) is 30.0 Å². The fourth-order valence-corrected chi connectivity index (χ4v) is 3.87. The molecule has 0 spiro atoms. The van der Waals surface area contributed by atoms with Crippen LogP contribution in [-0.4, -0.2) is 39.5 Å². The second-order valence-corrected chi connectivity index (χ2v) is 8.92. The summed E-state index contributed by atoms with van der Waals surface area (Å²) in [6.45, 7) is 3.47. The molecule has 0 aliphatic carbocycles. The minimum absolute atomic E-state index is 0.00337. The number of benzene rings is 1. The lowest BCUT2D eigenvalue weighted by molar-refractivity contribution is -0.115. The van der Waals surface area contributed by atoms with Gasteiger partial charge in [0.15, 0.2) is 5.16 Å². The lowest BCUT2D eigenvalue weighted by Crippen LogP contribution is -2.22. The molecule has 0 saturated heterocycles. The van der Waals surface area contributed by atoms with Crippen LogP contribution in [0.2, 0.25) is 0 Å². The maximum atomic E-state index is 12.5. The minimum atomic E-state index is -3.84. The zero-order valence-electron chi connectivity index (χ0n) is 15.6. The van der Waals surface area contributed by atoms with Crippen molar-refractivity contribution in [1.82, 2.24) is 19.9 Å². The molecule has 1 unspecified atom stereocenters. The predicted molar refractivity (Wildman–Crippen MR) is 110 cm³/mol. The van der Waals surface area contributed by atoms with E-state index in [1.165, 1.54) is 42.2 Å². The second kappa shape index (κ2) is 8.97. The molecule has 0 radical (unpaired) electrons. The molecule has 1 amide bonds. The van der Waals surface area contributed by atoms with Gasteiger partial charge >= 0.3 is 0 Å². The van der Waals surface area contributed by atoms with Crippen LogP contribution in [0.15, 0.2) is 65.0 Å². The van der Waals surface area contributed by atoms with E-state index in [4.69, 9.17) is 0 Å². The van der Waals surface area contributed by atoms with Gasteiger partial charge in [0.05, 0.1) is 10.1 Å². The van der Waals surface area contributed by atoms with Gasteiger partial charge in [0, 0.05) is 30.0 Å². The first-order valence-corrected chi connectivity index (χ1v) is 10.9. The molecule has 2 N–H and O–H groups in total. The van der Waals surface area contributed by atoms with Gasteiger partial charge in [-0.3, -0.25) is 4.79 Å². The number of carbonyl (C=O) groups excluding carboxylic acids is 1. The topological polar surface area (TPSA) is 127 Å². The van der Waals surface area contributed by atoms with Crippen LogP contribution in [0.3, 0.4) is 0 Å². The van der Waals surface area contributed by atoms with Crippen LogP contribution in [0.5, 0.6) is 0 Å². The van der Waals surface area contributed by atoms with Crippen LogP contribution < -0.4 is 10.0 Å². The molecule has 150 valence electrons. The highest BCUT2D eigenvalue weighted by Crippen LogP contribution is 2.21. The molecule has 0 saturated carbocycles. The smallest absolute Gasteiger partial charge is 0.264 e. The third kappa shape index (κ3) is 5.72. The number of anilines is 2. The number of aromatic nitrogens is 4. The molecule has 0 aliphatic heterocycles. The van der Waals surface area contributed by atoms with Crippen molar-refractivity contribution >= 4 is 39.3 Å². The number of hydrogen-bond acceptors (Lipinski definition) is 8. The first kappa shape index (κ1) is 20.7. The fourth-order valence-electron chi connectivity index (χ4n) is 2.20. The van der Waals surface area contributed by atoms with Gasteiger partial charge in [0.1, 0.15) is 0 Å². The summed E-state index contributed by atoms with van der Waals surface area (Å²) < 4.78 is 27.3. The molecule has 3 rings (SSSR count). The summed E-state index contributed by atoms with van der Waals surface area (Å²) in [6, 6.07) is 9.18. The summed E-state index contributed by atoms with van der Waals surface area (Å²) in [5.41, 5.74) is 1.12. The zero-order valence-corrected chi connectivity index (χ0v) is 17.2. The first-order valence-electron chi connectivity index (χ1n) is 8.50. The van der Waals surface area contributed by atoms with Gasteiger partial charge in [-0.1, -0.05) is 11.8 Å². The van der Waals surface area contributed by atoms with Crippen LogP contribution in [0.4, 0.5) is 11.6 Å². The molecule has 9 nitrogen and oxygen atoms in total. The highest BCUT2D eigenvalue weighted by atomic mass is 32.2. The zero-order chi connectivity index (χ0) is 20.9. The molecular weight excluding hydrogens is 412 g/mol. The van der Waals surface area contributed by atoms with Crippen LogP contribution in [0, 0.1) is 6.92 Å². The lowest BCUT2D eigenvalue weighted by atomic mass is 10.3. The quantitative estimate of drug-likeness (QED) is 0.432. The van der Waals surface area contributed by atoms with Gasteiger partial charge in [0.25, 0.3) is 10.0 Å². The molecule has 0 fully saturated rings. The lowest BCUT2D eigenvalue weighted by Gasteiger charge is -2.12.